The highest BCUT2D eigenvalue weighted by Crippen LogP contribution is 2.23. The van der Waals surface area contributed by atoms with Crippen molar-refractivity contribution >= 4 is 11.4 Å². The van der Waals surface area contributed by atoms with Crippen molar-refractivity contribution in [2.24, 2.45) is 0 Å². The number of anilines is 1. The van der Waals surface area contributed by atoms with E-state index < -0.39 is 0 Å². The second kappa shape index (κ2) is 8.02. The second-order valence-corrected chi connectivity index (χ2v) is 5.01. The van der Waals surface area contributed by atoms with Gasteiger partial charge in [-0.1, -0.05) is 24.3 Å². The number of unbranched alkanes of at least 4 members (excludes halogenated alkanes) is 1. The molecule has 0 aliphatic heterocycles. The summed E-state index contributed by atoms with van der Waals surface area (Å²) in [6.07, 6.45) is 2.97. The normalized spacial score (nSPS) is 10.2. The van der Waals surface area contributed by atoms with Crippen LogP contribution in [0.5, 0.6) is 5.75 Å². The van der Waals surface area contributed by atoms with Gasteiger partial charge in [-0.2, -0.15) is 0 Å². The van der Waals surface area contributed by atoms with Crippen LogP contribution >= 0.6 is 0 Å². The number of nitro groups is 1. The average Bonchev–Trinajstić information content (AvgIpc) is 2.55. The van der Waals surface area contributed by atoms with E-state index in [0.29, 0.717) is 0 Å². The number of aryl methyl sites for hydroxylation is 1. The number of benzene rings is 2. The van der Waals surface area contributed by atoms with Gasteiger partial charge in [-0.3, -0.25) is 10.1 Å². The molecule has 0 aromatic heterocycles. The molecule has 2 aromatic rings. The number of hydrogen-bond donors (Lipinski definition) is 1. The summed E-state index contributed by atoms with van der Waals surface area (Å²) in [7, 11) is 1.66. The fourth-order valence-electron chi connectivity index (χ4n) is 2.25. The third kappa shape index (κ3) is 4.48. The van der Waals surface area contributed by atoms with Crippen molar-refractivity contribution in [2.75, 3.05) is 19.0 Å². The standard InChI is InChI=1S/C17H20N2O3/c1-22-17-8-3-2-7-16(17)18-13-5-4-6-14-9-11-15(12-10-14)19(20)21/h2-3,7-12,18H,4-6,13H2,1H3. The average molecular weight is 300 g/mol. The fourth-order valence-corrected chi connectivity index (χ4v) is 2.25. The van der Waals surface area contributed by atoms with Crippen LogP contribution in [0.4, 0.5) is 11.4 Å². The third-order valence-corrected chi connectivity index (χ3v) is 3.46. The van der Waals surface area contributed by atoms with Gasteiger partial charge in [-0.25, -0.2) is 0 Å². The lowest BCUT2D eigenvalue weighted by atomic mass is 10.1. The summed E-state index contributed by atoms with van der Waals surface area (Å²) in [6.45, 7) is 0.868. The number of nitrogens with one attached hydrogen (secondary N) is 1. The summed E-state index contributed by atoms with van der Waals surface area (Å²) < 4.78 is 5.28. The van der Waals surface area contributed by atoms with Crippen LogP contribution < -0.4 is 10.1 Å². The lowest BCUT2D eigenvalue weighted by molar-refractivity contribution is -0.384. The zero-order valence-electron chi connectivity index (χ0n) is 12.6. The molecular formula is C17H20N2O3. The molecule has 0 saturated carbocycles. The van der Waals surface area contributed by atoms with Gasteiger partial charge < -0.3 is 10.1 Å². The molecule has 22 heavy (non-hydrogen) atoms. The highest BCUT2D eigenvalue weighted by Gasteiger charge is 2.04. The van der Waals surface area contributed by atoms with Crippen LogP contribution in [0.2, 0.25) is 0 Å². The molecule has 0 unspecified atom stereocenters. The molecule has 2 rings (SSSR count). The zero-order valence-corrected chi connectivity index (χ0v) is 12.6. The van der Waals surface area contributed by atoms with Crippen molar-refractivity contribution in [2.45, 2.75) is 19.3 Å². The SMILES string of the molecule is COc1ccccc1NCCCCc1ccc([N+](=O)[O-])cc1. The lowest BCUT2D eigenvalue weighted by Crippen LogP contribution is -2.03. The molecule has 5 nitrogen and oxygen atoms in total. The van der Waals surface area contributed by atoms with Crippen LogP contribution in [-0.2, 0) is 6.42 Å². The Morgan fingerprint density at radius 2 is 1.82 bits per heavy atom. The van der Waals surface area contributed by atoms with Gasteiger partial charge >= 0.3 is 0 Å². The van der Waals surface area contributed by atoms with Crippen molar-refractivity contribution in [1.29, 1.82) is 0 Å². The number of rotatable bonds is 8. The van der Waals surface area contributed by atoms with Gasteiger partial charge in [-0.05, 0) is 37.0 Å². The van der Waals surface area contributed by atoms with Crippen LogP contribution in [0, 0.1) is 10.1 Å². The van der Waals surface area contributed by atoms with Crippen LogP contribution in [0.25, 0.3) is 0 Å². The maximum Gasteiger partial charge on any atom is 0.269 e. The predicted octanol–water partition coefficient (Wildman–Crippen LogP) is 4.04. The Morgan fingerprint density at radius 3 is 2.50 bits per heavy atom. The van der Waals surface area contributed by atoms with E-state index in [4.69, 9.17) is 4.74 Å². The molecule has 0 heterocycles. The van der Waals surface area contributed by atoms with E-state index in [-0.39, 0.29) is 10.6 Å². The van der Waals surface area contributed by atoms with E-state index in [1.54, 1.807) is 19.2 Å². The highest BCUT2D eigenvalue weighted by atomic mass is 16.6. The van der Waals surface area contributed by atoms with Gasteiger partial charge in [0.15, 0.2) is 0 Å². The Balaban J connectivity index is 1.72. The number of nitrogens with zero attached hydrogens (tertiary/aromatic N) is 1. The topological polar surface area (TPSA) is 64.4 Å². The van der Waals surface area contributed by atoms with Crippen LogP contribution in [0.3, 0.4) is 0 Å². The molecule has 0 amide bonds. The molecule has 0 fully saturated rings. The molecule has 1 N–H and O–H groups in total. The summed E-state index contributed by atoms with van der Waals surface area (Å²) in [6, 6.07) is 14.6. The number of para-hydroxylation sites is 2. The fraction of sp³-hybridized carbons (Fsp3) is 0.294. The quantitative estimate of drug-likeness (QED) is 0.454. The van der Waals surface area contributed by atoms with Crippen molar-refractivity contribution in [1.82, 2.24) is 0 Å². The molecule has 0 spiro atoms. The highest BCUT2D eigenvalue weighted by molar-refractivity contribution is 5.55. The molecule has 0 aliphatic rings. The minimum Gasteiger partial charge on any atom is -0.495 e. The lowest BCUT2D eigenvalue weighted by Gasteiger charge is -2.10. The van der Waals surface area contributed by atoms with Gasteiger partial charge in [0.1, 0.15) is 5.75 Å². The molecule has 5 heteroatoms. The molecule has 0 aliphatic carbocycles. The molecule has 0 saturated heterocycles. The van der Waals surface area contributed by atoms with Crippen LogP contribution in [0.15, 0.2) is 48.5 Å². The van der Waals surface area contributed by atoms with E-state index in [1.807, 2.05) is 36.4 Å². The molecule has 0 bridgehead atoms. The molecule has 116 valence electrons. The first-order chi connectivity index (χ1) is 10.7. The van der Waals surface area contributed by atoms with E-state index >= 15 is 0 Å². The molecule has 0 radical (unpaired) electrons. The van der Waals surface area contributed by atoms with Gasteiger partial charge in [0, 0.05) is 18.7 Å². The van der Waals surface area contributed by atoms with E-state index in [9.17, 15) is 10.1 Å². The van der Waals surface area contributed by atoms with Crippen LogP contribution in [0.1, 0.15) is 18.4 Å². The maximum atomic E-state index is 10.6. The maximum absolute atomic E-state index is 10.6. The largest absolute Gasteiger partial charge is 0.495 e. The monoisotopic (exact) mass is 300 g/mol. The molecular weight excluding hydrogens is 280 g/mol. The molecule has 0 atom stereocenters. The van der Waals surface area contributed by atoms with E-state index in [1.165, 1.54) is 0 Å². The predicted molar refractivity (Wildman–Crippen MR) is 87.5 cm³/mol. The number of methoxy groups -OCH3 is 1. The van der Waals surface area contributed by atoms with Gasteiger partial charge in [0.2, 0.25) is 0 Å². The number of nitro benzene ring substituents is 1. The minimum absolute atomic E-state index is 0.140. The number of ether oxygens (including phenoxy) is 1. The Labute approximate surface area is 130 Å². The van der Waals surface area contributed by atoms with Crippen molar-refractivity contribution in [3.05, 3.63) is 64.2 Å². The minimum atomic E-state index is -0.374. The zero-order chi connectivity index (χ0) is 15.8. The van der Waals surface area contributed by atoms with E-state index in [2.05, 4.69) is 5.32 Å². The molecule has 2 aromatic carbocycles. The Kier molecular flexibility index (Phi) is 5.77. The van der Waals surface area contributed by atoms with Crippen molar-refractivity contribution in [3.8, 4) is 5.75 Å². The Bertz CT molecular complexity index is 612. The first kappa shape index (κ1) is 15.8. The summed E-state index contributed by atoms with van der Waals surface area (Å²) in [5.74, 6) is 0.845. The van der Waals surface area contributed by atoms with Crippen LogP contribution in [-0.4, -0.2) is 18.6 Å². The Hall–Kier alpha value is -2.56. The summed E-state index contributed by atoms with van der Waals surface area (Å²) in [4.78, 5) is 10.2. The third-order valence-electron chi connectivity index (χ3n) is 3.46. The number of hydrogen-bond acceptors (Lipinski definition) is 4. The van der Waals surface area contributed by atoms with Gasteiger partial charge in [0.25, 0.3) is 5.69 Å². The van der Waals surface area contributed by atoms with E-state index in [0.717, 1.165) is 42.8 Å². The van der Waals surface area contributed by atoms with Crippen molar-refractivity contribution in [3.63, 3.8) is 0 Å². The summed E-state index contributed by atoms with van der Waals surface area (Å²) in [5, 5.41) is 13.9. The second-order valence-electron chi connectivity index (χ2n) is 5.01. The Morgan fingerprint density at radius 1 is 1.09 bits per heavy atom. The smallest absolute Gasteiger partial charge is 0.269 e. The summed E-state index contributed by atoms with van der Waals surface area (Å²) in [5.41, 5.74) is 2.27. The first-order valence-corrected chi connectivity index (χ1v) is 7.31. The summed E-state index contributed by atoms with van der Waals surface area (Å²) >= 11 is 0. The van der Waals surface area contributed by atoms with Crippen molar-refractivity contribution < 1.29 is 9.66 Å². The number of non-ortho nitro benzene ring substituents is 1. The van der Waals surface area contributed by atoms with Gasteiger partial charge in [0.05, 0.1) is 17.7 Å². The first-order valence-electron chi connectivity index (χ1n) is 7.31. The van der Waals surface area contributed by atoms with Gasteiger partial charge in [-0.15, -0.1) is 0 Å².